The summed E-state index contributed by atoms with van der Waals surface area (Å²) in [6, 6.07) is 4.98. The van der Waals surface area contributed by atoms with E-state index >= 15 is 0 Å². The summed E-state index contributed by atoms with van der Waals surface area (Å²) < 4.78 is 0. The standard InChI is InChI=1S/C15H25N3/c1-3-16-15-13(8-7-11-17-15)12-18(2)14-9-5-4-6-10-14/h7-8,11,14H,3-6,9-10,12H2,1-2H3,(H,16,17). The van der Waals surface area contributed by atoms with Crippen LogP contribution in [0.1, 0.15) is 44.6 Å². The second-order valence-electron chi connectivity index (χ2n) is 5.25. The summed E-state index contributed by atoms with van der Waals surface area (Å²) in [5.74, 6) is 1.04. The van der Waals surface area contributed by atoms with Crippen LogP contribution in [-0.4, -0.2) is 29.5 Å². The van der Waals surface area contributed by atoms with E-state index in [1.165, 1.54) is 37.7 Å². The molecule has 1 aliphatic carbocycles. The Balaban J connectivity index is 1.99. The summed E-state index contributed by atoms with van der Waals surface area (Å²) in [6.07, 6.45) is 8.77. The molecule has 1 aromatic heterocycles. The third kappa shape index (κ3) is 3.45. The van der Waals surface area contributed by atoms with Crippen molar-refractivity contribution in [3.63, 3.8) is 0 Å². The Morgan fingerprint density at radius 1 is 1.33 bits per heavy atom. The minimum atomic E-state index is 0.758. The van der Waals surface area contributed by atoms with Crippen LogP contribution in [0.5, 0.6) is 0 Å². The SMILES string of the molecule is CCNc1ncccc1CN(C)C1CCCCC1. The van der Waals surface area contributed by atoms with Crippen molar-refractivity contribution in [3.8, 4) is 0 Å². The molecule has 0 saturated heterocycles. The van der Waals surface area contributed by atoms with Gasteiger partial charge in [0.05, 0.1) is 0 Å². The second-order valence-corrected chi connectivity index (χ2v) is 5.25. The highest BCUT2D eigenvalue weighted by atomic mass is 15.1. The van der Waals surface area contributed by atoms with Crippen LogP contribution in [0.25, 0.3) is 0 Å². The van der Waals surface area contributed by atoms with Crippen molar-refractivity contribution < 1.29 is 0 Å². The van der Waals surface area contributed by atoms with E-state index in [0.717, 1.165) is 24.9 Å². The minimum absolute atomic E-state index is 0.758. The lowest BCUT2D eigenvalue weighted by Gasteiger charge is -2.31. The molecule has 0 aromatic carbocycles. The molecule has 100 valence electrons. The van der Waals surface area contributed by atoms with Gasteiger partial charge >= 0.3 is 0 Å². The van der Waals surface area contributed by atoms with E-state index in [9.17, 15) is 0 Å². The fourth-order valence-corrected chi connectivity index (χ4v) is 2.81. The molecule has 0 aliphatic heterocycles. The number of aromatic nitrogens is 1. The first-order valence-corrected chi connectivity index (χ1v) is 7.19. The van der Waals surface area contributed by atoms with Crippen LogP contribution >= 0.6 is 0 Å². The summed E-state index contributed by atoms with van der Waals surface area (Å²) in [4.78, 5) is 6.93. The summed E-state index contributed by atoms with van der Waals surface area (Å²) in [7, 11) is 2.25. The summed E-state index contributed by atoms with van der Waals surface area (Å²) in [6.45, 7) is 4.04. The second kappa shape index (κ2) is 6.74. The number of anilines is 1. The zero-order valence-corrected chi connectivity index (χ0v) is 11.7. The van der Waals surface area contributed by atoms with E-state index in [2.05, 4.69) is 35.2 Å². The Bertz CT molecular complexity index is 359. The van der Waals surface area contributed by atoms with Gasteiger partial charge in [0, 0.05) is 30.9 Å². The molecule has 1 heterocycles. The molecule has 0 unspecified atom stereocenters. The molecule has 0 amide bonds. The fourth-order valence-electron chi connectivity index (χ4n) is 2.81. The van der Waals surface area contributed by atoms with Gasteiger partial charge in [-0.25, -0.2) is 4.98 Å². The van der Waals surface area contributed by atoms with E-state index in [-0.39, 0.29) is 0 Å². The van der Waals surface area contributed by atoms with Crippen molar-refractivity contribution in [1.82, 2.24) is 9.88 Å². The van der Waals surface area contributed by atoms with E-state index in [4.69, 9.17) is 0 Å². The lowest BCUT2D eigenvalue weighted by atomic mass is 9.94. The highest BCUT2D eigenvalue weighted by Gasteiger charge is 2.18. The Morgan fingerprint density at radius 2 is 2.11 bits per heavy atom. The van der Waals surface area contributed by atoms with E-state index in [0.29, 0.717) is 0 Å². The zero-order chi connectivity index (χ0) is 12.8. The summed E-state index contributed by atoms with van der Waals surface area (Å²) >= 11 is 0. The van der Waals surface area contributed by atoms with E-state index < -0.39 is 0 Å². The van der Waals surface area contributed by atoms with Crippen molar-refractivity contribution >= 4 is 5.82 Å². The molecule has 1 saturated carbocycles. The normalized spacial score (nSPS) is 17.1. The molecular weight excluding hydrogens is 222 g/mol. The topological polar surface area (TPSA) is 28.2 Å². The number of hydrogen-bond acceptors (Lipinski definition) is 3. The molecule has 1 aromatic rings. The van der Waals surface area contributed by atoms with Crippen molar-refractivity contribution in [2.45, 2.75) is 51.6 Å². The van der Waals surface area contributed by atoms with Crippen molar-refractivity contribution in [1.29, 1.82) is 0 Å². The summed E-state index contributed by atoms with van der Waals surface area (Å²) in [5, 5.41) is 3.35. The van der Waals surface area contributed by atoms with Crippen molar-refractivity contribution in [2.75, 3.05) is 18.9 Å². The third-order valence-electron chi connectivity index (χ3n) is 3.85. The Labute approximate surface area is 111 Å². The van der Waals surface area contributed by atoms with Crippen molar-refractivity contribution in [2.24, 2.45) is 0 Å². The van der Waals surface area contributed by atoms with Gasteiger partial charge in [0.25, 0.3) is 0 Å². The number of pyridine rings is 1. The van der Waals surface area contributed by atoms with Gasteiger partial charge in [0.2, 0.25) is 0 Å². The molecule has 1 fully saturated rings. The molecule has 3 nitrogen and oxygen atoms in total. The highest BCUT2D eigenvalue weighted by Crippen LogP contribution is 2.24. The van der Waals surface area contributed by atoms with Gasteiger partial charge in [-0.2, -0.15) is 0 Å². The molecule has 0 spiro atoms. The van der Waals surface area contributed by atoms with Gasteiger partial charge < -0.3 is 5.32 Å². The van der Waals surface area contributed by atoms with E-state index in [1.54, 1.807) is 0 Å². The van der Waals surface area contributed by atoms with Crippen molar-refractivity contribution in [3.05, 3.63) is 23.9 Å². The van der Waals surface area contributed by atoms with Crippen LogP contribution in [0.3, 0.4) is 0 Å². The minimum Gasteiger partial charge on any atom is -0.370 e. The maximum atomic E-state index is 4.43. The lowest BCUT2D eigenvalue weighted by Crippen LogP contribution is -2.33. The highest BCUT2D eigenvalue weighted by molar-refractivity contribution is 5.43. The monoisotopic (exact) mass is 247 g/mol. The van der Waals surface area contributed by atoms with Crippen LogP contribution in [-0.2, 0) is 6.54 Å². The average Bonchev–Trinajstić information content (AvgIpc) is 2.42. The smallest absolute Gasteiger partial charge is 0.130 e. The number of rotatable bonds is 5. The van der Waals surface area contributed by atoms with Crippen LogP contribution in [0, 0.1) is 0 Å². The Morgan fingerprint density at radius 3 is 2.83 bits per heavy atom. The Hall–Kier alpha value is -1.09. The fraction of sp³-hybridized carbons (Fsp3) is 0.667. The largest absolute Gasteiger partial charge is 0.370 e. The molecular formula is C15H25N3. The zero-order valence-electron chi connectivity index (χ0n) is 11.7. The number of nitrogens with zero attached hydrogens (tertiary/aromatic N) is 2. The van der Waals surface area contributed by atoms with E-state index in [1.807, 2.05) is 12.3 Å². The first-order chi connectivity index (χ1) is 8.81. The van der Waals surface area contributed by atoms with Gasteiger partial charge in [0.1, 0.15) is 5.82 Å². The van der Waals surface area contributed by atoms with Gasteiger partial charge in [0.15, 0.2) is 0 Å². The first-order valence-electron chi connectivity index (χ1n) is 7.19. The third-order valence-corrected chi connectivity index (χ3v) is 3.85. The molecule has 0 bridgehead atoms. The molecule has 1 N–H and O–H groups in total. The lowest BCUT2D eigenvalue weighted by molar-refractivity contribution is 0.184. The van der Waals surface area contributed by atoms with Crippen LogP contribution in [0.15, 0.2) is 18.3 Å². The average molecular weight is 247 g/mol. The molecule has 0 radical (unpaired) electrons. The van der Waals surface area contributed by atoms with Crippen LogP contribution < -0.4 is 5.32 Å². The maximum absolute atomic E-state index is 4.43. The molecule has 3 heteroatoms. The predicted octanol–water partition coefficient (Wildman–Crippen LogP) is 3.28. The van der Waals surface area contributed by atoms with Crippen LogP contribution in [0.4, 0.5) is 5.82 Å². The number of hydrogen-bond donors (Lipinski definition) is 1. The molecule has 18 heavy (non-hydrogen) atoms. The van der Waals surface area contributed by atoms with Gasteiger partial charge in [-0.05, 0) is 32.9 Å². The van der Waals surface area contributed by atoms with Gasteiger partial charge in [-0.1, -0.05) is 25.3 Å². The molecule has 2 rings (SSSR count). The summed E-state index contributed by atoms with van der Waals surface area (Å²) in [5.41, 5.74) is 1.31. The maximum Gasteiger partial charge on any atom is 0.130 e. The molecule has 0 atom stereocenters. The Kier molecular flexibility index (Phi) is 5.00. The van der Waals surface area contributed by atoms with Gasteiger partial charge in [-0.15, -0.1) is 0 Å². The first kappa shape index (κ1) is 13.3. The molecule has 1 aliphatic rings. The van der Waals surface area contributed by atoms with Crippen LogP contribution in [0.2, 0.25) is 0 Å². The predicted molar refractivity (Wildman–Crippen MR) is 76.7 cm³/mol. The quantitative estimate of drug-likeness (QED) is 0.865. The van der Waals surface area contributed by atoms with Gasteiger partial charge in [-0.3, -0.25) is 4.90 Å². The number of nitrogens with one attached hydrogen (secondary N) is 1.